The fourth-order valence-corrected chi connectivity index (χ4v) is 3.08. The van der Waals surface area contributed by atoms with Gasteiger partial charge in [0, 0.05) is 31.4 Å². The molecule has 1 N–H and O–H groups in total. The van der Waals surface area contributed by atoms with Gasteiger partial charge in [0.1, 0.15) is 0 Å². The summed E-state index contributed by atoms with van der Waals surface area (Å²) in [5, 5.41) is 3.62. The van der Waals surface area contributed by atoms with Crippen LogP contribution in [-0.4, -0.2) is 26.3 Å². The number of anilines is 1. The van der Waals surface area contributed by atoms with Crippen LogP contribution in [0.5, 0.6) is 0 Å². The molecule has 1 aliphatic heterocycles. The second-order valence-corrected chi connectivity index (χ2v) is 6.46. The highest BCUT2D eigenvalue weighted by molar-refractivity contribution is 5.47. The molecule has 3 rings (SSSR count). The van der Waals surface area contributed by atoms with Crippen LogP contribution in [0, 0.1) is 0 Å². The van der Waals surface area contributed by atoms with Gasteiger partial charge < -0.3 is 15.0 Å². The Kier molecular flexibility index (Phi) is 5.89. The van der Waals surface area contributed by atoms with Crippen LogP contribution in [0.1, 0.15) is 36.6 Å². The molecule has 3 nitrogen and oxygen atoms in total. The SMILES string of the molecule is CCc1ccc(C(C)NCc2ccc(N3CCOCC3)cc2)cc1. The smallest absolute Gasteiger partial charge is 0.0642 e. The molecule has 24 heavy (non-hydrogen) atoms. The Hall–Kier alpha value is -1.84. The number of nitrogens with one attached hydrogen (secondary N) is 1. The van der Waals surface area contributed by atoms with Gasteiger partial charge in [-0.3, -0.25) is 0 Å². The number of rotatable bonds is 6. The van der Waals surface area contributed by atoms with Crippen LogP contribution in [0.3, 0.4) is 0 Å². The number of hydrogen-bond acceptors (Lipinski definition) is 3. The topological polar surface area (TPSA) is 24.5 Å². The van der Waals surface area contributed by atoms with Crippen molar-refractivity contribution in [3.8, 4) is 0 Å². The van der Waals surface area contributed by atoms with Crippen molar-refractivity contribution in [2.24, 2.45) is 0 Å². The second kappa shape index (κ2) is 8.32. The molecule has 3 heteroatoms. The summed E-state index contributed by atoms with van der Waals surface area (Å²) in [5.41, 5.74) is 5.36. The third-order valence-corrected chi connectivity index (χ3v) is 4.81. The average molecular weight is 324 g/mol. The molecule has 0 aliphatic carbocycles. The Morgan fingerprint density at radius 3 is 2.21 bits per heavy atom. The largest absolute Gasteiger partial charge is 0.378 e. The molecule has 128 valence electrons. The van der Waals surface area contributed by atoms with E-state index >= 15 is 0 Å². The van der Waals surface area contributed by atoms with Gasteiger partial charge in [-0.1, -0.05) is 43.3 Å². The molecular weight excluding hydrogens is 296 g/mol. The molecular formula is C21H28N2O. The first-order valence-corrected chi connectivity index (χ1v) is 9.00. The van der Waals surface area contributed by atoms with Crippen LogP contribution >= 0.6 is 0 Å². The van der Waals surface area contributed by atoms with E-state index in [0.717, 1.165) is 39.3 Å². The van der Waals surface area contributed by atoms with E-state index in [1.54, 1.807) is 0 Å². The van der Waals surface area contributed by atoms with E-state index in [1.165, 1.54) is 22.4 Å². The van der Waals surface area contributed by atoms with Gasteiger partial charge in [0.15, 0.2) is 0 Å². The van der Waals surface area contributed by atoms with Gasteiger partial charge in [-0.05, 0) is 42.2 Å². The highest BCUT2D eigenvalue weighted by Crippen LogP contribution is 2.18. The zero-order valence-electron chi connectivity index (χ0n) is 14.8. The average Bonchev–Trinajstić information content (AvgIpc) is 2.67. The predicted molar refractivity (Wildman–Crippen MR) is 101 cm³/mol. The number of nitrogens with zero attached hydrogens (tertiary/aromatic N) is 1. The minimum atomic E-state index is 0.356. The van der Waals surface area contributed by atoms with Crippen molar-refractivity contribution in [1.82, 2.24) is 5.32 Å². The fourth-order valence-electron chi connectivity index (χ4n) is 3.08. The normalized spacial score (nSPS) is 16.2. The van der Waals surface area contributed by atoms with Gasteiger partial charge in [0.2, 0.25) is 0 Å². The lowest BCUT2D eigenvalue weighted by molar-refractivity contribution is 0.122. The van der Waals surface area contributed by atoms with Crippen LogP contribution < -0.4 is 10.2 Å². The summed E-state index contributed by atoms with van der Waals surface area (Å²) in [7, 11) is 0. The first-order valence-electron chi connectivity index (χ1n) is 9.00. The Bertz CT molecular complexity index is 615. The first kappa shape index (κ1) is 17.0. The third-order valence-electron chi connectivity index (χ3n) is 4.81. The molecule has 2 aromatic carbocycles. The van der Waals surface area contributed by atoms with Crippen molar-refractivity contribution in [2.45, 2.75) is 32.9 Å². The summed E-state index contributed by atoms with van der Waals surface area (Å²) in [6.07, 6.45) is 1.09. The molecule has 1 saturated heterocycles. The Morgan fingerprint density at radius 2 is 1.58 bits per heavy atom. The molecule has 0 spiro atoms. The van der Waals surface area contributed by atoms with E-state index in [-0.39, 0.29) is 0 Å². The Morgan fingerprint density at radius 1 is 0.958 bits per heavy atom. The van der Waals surface area contributed by atoms with E-state index in [9.17, 15) is 0 Å². The summed E-state index contributed by atoms with van der Waals surface area (Å²) < 4.78 is 5.41. The molecule has 0 radical (unpaired) electrons. The first-order chi connectivity index (χ1) is 11.8. The number of hydrogen-bond donors (Lipinski definition) is 1. The summed E-state index contributed by atoms with van der Waals surface area (Å²) in [5.74, 6) is 0. The maximum absolute atomic E-state index is 5.41. The summed E-state index contributed by atoms with van der Waals surface area (Å²) in [6, 6.07) is 18.2. The van der Waals surface area contributed by atoms with Crippen LogP contribution in [0.15, 0.2) is 48.5 Å². The van der Waals surface area contributed by atoms with E-state index in [2.05, 4.69) is 72.6 Å². The van der Waals surface area contributed by atoms with Crippen molar-refractivity contribution in [1.29, 1.82) is 0 Å². The van der Waals surface area contributed by atoms with E-state index in [1.807, 2.05) is 0 Å². The quantitative estimate of drug-likeness (QED) is 0.871. The number of morpholine rings is 1. The summed E-state index contributed by atoms with van der Waals surface area (Å²) in [6.45, 7) is 8.94. The molecule has 0 saturated carbocycles. The van der Waals surface area contributed by atoms with Crippen molar-refractivity contribution in [3.05, 3.63) is 65.2 Å². The maximum Gasteiger partial charge on any atom is 0.0642 e. The third kappa shape index (κ3) is 4.37. The van der Waals surface area contributed by atoms with Crippen LogP contribution in [0.4, 0.5) is 5.69 Å². The highest BCUT2D eigenvalue weighted by Gasteiger charge is 2.11. The van der Waals surface area contributed by atoms with Crippen molar-refractivity contribution in [3.63, 3.8) is 0 Å². The van der Waals surface area contributed by atoms with Crippen molar-refractivity contribution in [2.75, 3.05) is 31.2 Å². The molecule has 1 heterocycles. The van der Waals surface area contributed by atoms with Gasteiger partial charge in [-0.15, -0.1) is 0 Å². The number of benzene rings is 2. The summed E-state index contributed by atoms with van der Waals surface area (Å²) in [4.78, 5) is 2.39. The molecule has 0 aromatic heterocycles. The summed E-state index contributed by atoms with van der Waals surface area (Å²) >= 11 is 0. The minimum Gasteiger partial charge on any atom is -0.378 e. The zero-order valence-corrected chi connectivity index (χ0v) is 14.8. The number of ether oxygens (including phenoxy) is 1. The lowest BCUT2D eigenvalue weighted by Gasteiger charge is -2.29. The van der Waals surface area contributed by atoms with Gasteiger partial charge in [-0.25, -0.2) is 0 Å². The van der Waals surface area contributed by atoms with Gasteiger partial charge in [-0.2, -0.15) is 0 Å². The molecule has 2 aromatic rings. The van der Waals surface area contributed by atoms with Crippen LogP contribution in [0.2, 0.25) is 0 Å². The van der Waals surface area contributed by atoms with Crippen molar-refractivity contribution >= 4 is 5.69 Å². The van der Waals surface area contributed by atoms with Gasteiger partial charge in [0.05, 0.1) is 13.2 Å². The number of aryl methyl sites for hydroxylation is 1. The molecule has 0 bridgehead atoms. The highest BCUT2D eigenvalue weighted by atomic mass is 16.5. The van der Waals surface area contributed by atoms with Crippen LogP contribution in [0.25, 0.3) is 0 Å². The fraction of sp³-hybridized carbons (Fsp3) is 0.429. The van der Waals surface area contributed by atoms with E-state index in [0.29, 0.717) is 6.04 Å². The van der Waals surface area contributed by atoms with Gasteiger partial charge >= 0.3 is 0 Å². The monoisotopic (exact) mass is 324 g/mol. The lowest BCUT2D eigenvalue weighted by atomic mass is 10.0. The molecule has 1 unspecified atom stereocenters. The molecule has 1 atom stereocenters. The van der Waals surface area contributed by atoms with E-state index in [4.69, 9.17) is 4.74 Å². The zero-order chi connectivity index (χ0) is 16.8. The molecule has 0 amide bonds. The van der Waals surface area contributed by atoms with E-state index < -0.39 is 0 Å². The molecule has 1 fully saturated rings. The van der Waals surface area contributed by atoms with Gasteiger partial charge in [0.25, 0.3) is 0 Å². The predicted octanol–water partition coefficient (Wildman–Crippen LogP) is 3.94. The Balaban J connectivity index is 1.53. The minimum absolute atomic E-state index is 0.356. The maximum atomic E-state index is 5.41. The van der Waals surface area contributed by atoms with Crippen molar-refractivity contribution < 1.29 is 4.74 Å². The lowest BCUT2D eigenvalue weighted by Crippen LogP contribution is -2.36. The second-order valence-electron chi connectivity index (χ2n) is 6.46. The Labute approximate surface area is 145 Å². The van der Waals surface area contributed by atoms with Crippen LogP contribution in [-0.2, 0) is 17.7 Å². The molecule has 1 aliphatic rings. The standard InChI is InChI=1S/C21H28N2O/c1-3-18-4-8-20(9-5-18)17(2)22-16-19-6-10-21(11-7-19)23-12-14-24-15-13-23/h4-11,17,22H,3,12-16H2,1-2H3.